The van der Waals surface area contributed by atoms with E-state index < -0.39 is 0 Å². The minimum Gasteiger partial charge on any atom is -0.372 e. The Balaban J connectivity index is 1.84. The average Bonchev–Trinajstić information content (AvgIpc) is 2.93. The van der Waals surface area contributed by atoms with E-state index in [9.17, 15) is 4.79 Å². The lowest BCUT2D eigenvalue weighted by Crippen LogP contribution is -2.51. The number of nitrogens with zero attached hydrogens (tertiary/aromatic N) is 1. The highest BCUT2D eigenvalue weighted by Gasteiger charge is 2.31. The molecule has 1 fully saturated rings. The average molecular weight is 274 g/mol. The van der Waals surface area contributed by atoms with Gasteiger partial charge in [0, 0.05) is 24.7 Å². The minimum absolute atomic E-state index is 0.113. The van der Waals surface area contributed by atoms with Gasteiger partial charge in [-0.05, 0) is 42.0 Å². The van der Waals surface area contributed by atoms with Crippen molar-refractivity contribution in [1.29, 1.82) is 0 Å². The fourth-order valence-electron chi connectivity index (χ4n) is 3.33. The second-order valence-electron chi connectivity index (χ2n) is 5.90. The predicted octanol–water partition coefficient (Wildman–Crippen LogP) is 1.92. The van der Waals surface area contributed by atoms with E-state index in [1.165, 1.54) is 5.56 Å². The Kier molecular flexibility index (Phi) is 3.76. The Morgan fingerprint density at radius 3 is 3.00 bits per heavy atom. The van der Waals surface area contributed by atoms with Crippen molar-refractivity contribution >= 4 is 5.91 Å². The van der Waals surface area contributed by atoms with Crippen molar-refractivity contribution in [2.24, 2.45) is 11.7 Å². The number of amides is 1. The summed E-state index contributed by atoms with van der Waals surface area (Å²) in [5.41, 5.74) is 8.98. The molecule has 0 aromatic heterocycles. The van der Waals surface area contributed by atoms with Gasteiger partial charge in [-0.15, -0.1) is 0 Å². The van der Waals surface area contributed by atoms with E-state index >= 15 is 0 Å². The van der Waals surface area contributed by atoms with Gasteiger partial charge in [0.25, 0.3) is 5.91 Å². The zero-order chi connectivity index (χ0) is 14.1. The second kappa shape index (κ2) is 5.54. The van der Waals surface area contributed by atoms with E-state index in [4.69, 9.17) is 10.5 Å². The third kappa shape index (κ3) is 2.34. The maximum Gasteiger partial charge on any atom is 0.254 e. The van der Waals surface area contributed by atoms with Crippen LogP contribution < -0.4 is 5.73 Å². The summed E-state index contributed by atoms with van der Waals surface area (Å²) in [4.78, 5) is 14.7. The third-order valence-corrected chi connectivity index (χ3v) is 4.59. The number of carbonyl (C=O) groups is 1. The van der Waals surface area contributed by atoms with E-state index in [0.29, 0.717) is 25.7 Å². The van der Waals surface area contributed by atoms with Crippen LogP contribution in [0.4, 0.5) is 0 Å². The molecule has 1 saturated heterocycles. The van der Waals surface area contributed by atoms with Crippen molar-refractivity contribution in [2.45, 2.75) is 39.0 Å². The predicted molar refractivity (Wildman–Crippen MR) is 77.2 cm³/mol. The monoisotopic (exact) mass is 274 g/mol. The van der Waals surface area contributed by atoms with Crippen LogP contribution in [0.2, 0.25) is 0 Å². The molecule has 2 aliphatic rings. The van der Waals surface area contributed by atoms with Crippen molar-refractivity contribution in [3.63, 3.8) is 0 Å². The molecule has 2 heterocycles. The summed E-state index contributed by atoms with van der Waals surface area (Å²) < 4.78 is 5.41. The topological polar surface area (TPSA) is 55.6 Å². The van der Waals surface area contributed by atoms with Gasteiger partial charge in [0.1, 0.15) is 0 Å². The van der Waals surface area contributed by atoms with Gasteiger partial charge in [0.15, 0.2) is 0 Å². The molecule has 0 spiro atoms. The molecule has 0 aliphatic carbocycles. The van der Waals surface area contributed by atoms with E-state index in [0.717, 1.165) is 30.5 Å². The summed E-state index contributed by atoms with van der Waals surface area (Å²) in [6, 6.07) is 6.08. The van der Waals surface area contributed by atoms with Gasteiger partial charge in [0.2, 0.25) is 0 Å². The summed E-state index contributed by atoms with van der Waals surface area (Å²) >= 11 is 0. The van der Waals surface area contributed by atoms with Gasteiger partial charge >= 0.3 is 0 Å². The maximum absolute atomic E-state index is 12.7. The number of carbonyl (C=O) groups excluding carboxylic acids is 1. The maximum atomic E-state index is 12.7. The van der Waals surface area contributed by atoms with Crippen LogP contribution in [0.1, 0.15) is 41.3 Å². The molecule has 108 valence electrons. The highest BCUT2D eigenvalue weighted by atomic mass is 16.5. The molecule has 4 heteroatoms. The van der Waals surface area contributed by atoms with Gasteiger partial charge in [-0.2, -0.15) is 0 Å². The molecule has 4 nitrogen and oxygen atoms in total. The highest BCUT2D eigenvalue weighted by Crippen LogP contribution is 2.26. The molecule has 0 saturated carbocycles. The normalized spacial score (nSPS) is 25.6. The molecular formula is C16H22N2O2. The van der Waals surface area contributed by atoms with Crippen LogP contribution in [-0.4, -0.2) is 29.9 Å². The van der Waals surface area contributed by atoms with Crippen molar-refractivity contribution in [3.05, 3.63) is 34.9 Å². The number of hydrogen-bond donors (Lipinski definition) is 1. The van der Waals surface area contributed by atoms with E-state index in [2.05, 4.69) is 6.92 Å². The first-order valence-electron chi connectivity index (χ1n) is 7.41. The van der Waals surface area contributed by atoms with Crippen LogP contribution in [0.3, 0.4) is 0 Å². The molecular weight excluding hydrogens is 252 g/mol. The molecule has 20 heavy (non-hydrogen) atoms. The molecule has 3 rings (SSSR count). The zero-order valence-electron chi connectivity index (χ0n) is 12.0. The molecule has 2 aliphatic heterocycles. The number of fused-ring (bicyclic) bond motifs is 1. The number of likely N-dealkylation sites (tertiary alicyclic amines) is 1. The van der Waals surface area contributed by atoms with E-state index in [-0.39, 0.29) is 11.9 Å². The van der Waals surface area contributed by atoms with Crippen LogP contribution in [-0.2, 0) is 18.0 Å². The van der Waals surface area contributed by atoms with Crippen LogP contribution >= 0.6 is 0 Å². The fourth-order valence-corrected chi connectivity index (χ4v) is 3.33. The number of benzene rings is 1. The lowest BCUT2D eigenvalue weighted by atomic mass is 9.90. The number of piperidine rings is 1. The highest BCUT2D eigenvalue weighted by molar-refractivity contribution is 5.94. The van der Waals surface area contributed by atoms with Gasteiger partial charge in [0.05, 0.1) is 13.2 Å². The van der Waals surface area contributed by atoms with Crippen molar-refractivity contribution in [2.75, 3.05) is 13.1 Å². The summed E-state index contributed by atoms with van der Waals surface area (Å²) in [6.45, 7) is 4.83. The SMILES string of the molecule is CC1CCCN(C(=O)c2ccc3c(c2)COC3)C1CN. The Bertz CT molecular complexity index is 515. The first kappa shape index (κ1) is 13.6. The molecule has 1 aromatic carbocycles. The van der Waals surface area contributed by atoms with Crippen molar-refractivity contribution in [3.8, 4) is 0 Å². The Morgan fingerprint density at radius 2 is 2.20 bits per heavy atom. The Morgan fingerprint density at radius 1 is 1.40 bits per heavy atom. The smallest absolute Gasteiger partial charge is 0.254 e. The third-order valence-electron chi connectivity index (χ3n) is 4.59. The van der Waals surface area contributed by atoms with Crippen molar-refractivity contribution < 1.29 is 9.53 Å². The first-order chi connectivity index (χ1) is 9.70. The van der Waals surface area contributed by atoms with Gasteiger partial charge in [-0.1, -0.05) is 13.0 Å². The zero-order valence-corrected chi connectivity index (χ0v) is 12.0. The number of ether oxygens (including phenoxy) is 1. The standard InChI is InChI=1S/C16H22N2O2/c1-11-3-2-6-18(15(11)8-17)16(19)12-4-5-13-9-20-10-14(13)7-12/h4-5,7,11,15H,2-3,6,8-10,17H2,1H3. The minimum atomic E-state index is 0.113. The van der Waals surface area contributed by atoms with Crippen LogP contribution in [0.25, 0.3) is 0 Å². The lowest BCUT2D eigenvalue weighted by Gasteiger charge is -2.39. The largest absolute Gasteiger partial charge is 0.372 e. The van der Waals surface area contributed by atoms with Gasteiger partial charge < -0.3 is 15.4 Å². The van der Waals surface area contributed by atoms with Crippen molar-refractivity contribution in [1.82, 2.24) is 4.90 Å². The lowest BCUT2D eigenvalue weighted by molar-refractivity contribution is 0.0532. The van der Waals surface area contributed by atoms with Crippen LogP contribution in [0, 0.1) is 5.92 Å². The molecule has 0 radical (unpaired) electrons. The molecule has 2 unspecified atom stereocenters. The summed E-state index contributed by atoms with van der Waals surface area (Å²) in [6.07, 6.45) is 2.22. The molecule has 1 aromatic rings. The Labute approximate surface area is 119 Å². The summed E-state index contributed by atoms with van der Waals surface area (Å²) in [5.74, 6) is 0.595. The molecule has 2 atom stereocenters. The number of nitrogens with two attached hydrogens (primary N) is 1. The van der Waals surface area contributed by atoms with E-state index in [1.807, 2.05) is 23.1 Å². The second-order valence-corrected chi connectivity index (χ2v) is 5.90. The van der Waals surface area contributed by atoms with Gasteiger partial charge in [-0.25, -0.2) is 0 Å². The van der Waals surface area contributed by atoms with Gasteiger partial charge in [-0.3, -0.25) is 4.79 Å². The Hall–Kier alpha value is -1.39. The van der Waals surface area contributed by atoms with E-state index in [1.54, 1.807) is 0 Å². The number of rotatable bonds is 2. The van der Waals surface area contributed by atoms with Crippen LogP contribution in [0.5, 0.6) is 0 Å². The molecule has 2 N–H and O–H groups in total. The fraction of sp³-hybridized carbons (Fsp3) is 0.562. The molecule has 1 amide bonds. The first-order valence-corrected chi connectivity index (χ1v) is 7.41. The van der Waals surface area contributed by atoms with Crippen LogP contribution in [0.15, 0.2) is 18.2 Å². The number of hydrogen-bond acceptors (Lipinski definition) is 3. The summed E-state index contributed by atoms with van der Waals surface area (Å²) in [5, 5.41) is 0. The molecule has 0 bridgehead atoms. The quantitative estimate of drug-likeness (QED) is 0.896. The summed E-state index contributed by atoms with van der Waals surface area (Å²) in [7, 11) is 0.